The number of piperazine rings is 1. The fourth-order valence-corrected chi connectivity index (χ4v) is 3.60. The molecule has 0 unspecified atom stereocenters. The Kier molecular flexibility index (Phi) is 4.29. The largest absolute Gasteiger partial charge is 0.370 e. The summed E-state index contributed by atoms with van der Waals surface area (Å²) in [6.45, 7) is 3.94. The van der Waals surface area contributed by atoms with Gasteiger partial charge in [-0.3, -0.25) is 0 Å². The predicted molar refractivity (Wildman–Crippen MR) is 95.2 cm³/mol. The molecule has 1 saturated heterocycles. The number of rotatable bonds is 4. The van der Waals surface area contributed by atoms with Crippen LogP contribution in [-0.4, -0.2) is 52.0 Å². The van der Waals surface area contributed by atoms with Gasteiger partial charge in [-0.2, -0.15) is 0 Å². The highest BCUT2D eigenvalue weighted by Crippen LogP contribution is 2.40. The van der Waals surface area contributed by atoms with E-state index in [1.165, 1.54) is 18.5 Å². The zero-order valence-electron chi connectivity index (χ0n) is 13.5. The molecule has 1 aliphatic heterocycles. The van der Waals surface area contributed by atoms with Gasteiger partial charge >= 0.3 is 0 Å². The number of aliphatic imine (C=N–C) groups is 1. The van der Waals surface area contributed by atoms with Crippen LogP contribution in [0.2, 0.25) is 0 Å². The molecule has 1 aliphatic carbocycles. The topological polar surface area (TPSA) is 83.5 Å². The lowest BCUT2D eigenvalue weighted by Gasteiger charge is -2.35. The minimum absolute atomic E-state index is 0.575. The molecule has 1 saturated carbocycles. The number of nitrogens with zero attached hydrogens (tertiary/aromatic N) is 6. The van der Waals surface area contributed by atoms with Crippen molar-refractivity contribution in [1.82, 2.24) is 19.9 Å². The van der Waals surface area contributed by atoms with Crippen LogP contribution in [0, 0.1) is 0 Å². The second kappa shape index (κ2) is 6.72. The van der Waals surface area contributed by atoms with Crippen LogP contribution in [0.4, 0.5) is 5.95 Å². The maximum absolute atomic E-state index is 6.16. The van der Waals surface area contributed by atoms with E-state index in [1.54, 1.807) is 23.7 Å². The third kappa shape index (κ3) is 3.48. The van der Waals surface area contributed by atoms with E-state index >= 15 is 0 Å². The molecule has 0 aromatic carbocycles. The van der Waals surface area contributed by atoms with Crippen LogP contribution in [0.1, 0.15) is 29.5 Å². The van der Waals surface area contributed by atoms with Crippen LogP contribution < -0.4 is 10.6 Å². The Labute approximate surface area is 145 Å². The summed E-state index contributed by atoms with van der Waals surface area (Å²) >= 11 is 1.69. The lowest BCUT2D eigenvalue weighted by molar-refractivity contribution is 0.378. The molecule has 4 rings (SSSR count). The van der Waals surface area contributed by atoms with Crippen molar-refractivity contribution in [2.24, 2.45) is 10.7 Å². The van der Waals surface area contributed by atoms with E-state index in [0.29, 0.717) is 18.4 Å². The van der Waals surface area contributed by atoms with E-state index < -0.39 is 0 Å². The average molecular weight is 343 g/mol. The predicted octanol–water partition coefficient (Wildman–Crippen LogP) is 1.45. The smallest absolute Gasteiger partial charge is 0.225 e. The maximum atomic E-state index is 6.16. The standard InChI is InChI=1S/C16H21N7S/c17-15(20-10-14-21-13(11-24-14)12-2-3-12)22-6-8-23(9-7-22)16-18-4-1-5-19-16/h1,4-5,11-12H,2-3,6-10H2,(H2,17,20). The van der Waals surface area contributed by atoms with Crippen molar-refractivity contribution in [1.29, 1.82) is 0 Å². The first-order valence-electron chi connectivity index (χ1n) is 8.31. The van der Waals surface area contributed by atoms with E-state index in [9.17, 15) is 0 Å². The van der Waals surface area contributed by atoms with Crippen molar-refractivity contribution in [3.8, 4) is 0 Å². The van der Waals surface area contributed by atoms with E-state index in [1.807, 2.05) is 6.07 Å². The van der Waals surface area contributed by atoms with Crippen LogP contribution in [-0.2, 0) is 6.54 Å². The molecule has 0 bridgehead atoms. The third-order valence-corrected chi connectivity index (χ3v) is 5.23. The third-order valence-electron chi connectivity index (χ3n) is 4.38. The van der Waals surface area contributed by atoms with E-state index in [4.69, 9.17) is 5.73 Å². The van der Waals surface area contributed by atoms with E-state index in [-0.39, 0.29) is 0 Å². The monoisotopic (exact) mass is 343 g/mol. The molecule has 2 aliphatic rings. The fourth-order valence-electron chi connectivity index (χ4n) is 2.80. The molecule has 3 heterocycles. The number of anilines is 1. The maximum Gasteiger partial charge on any atom is 0.225 e. The summed E-state index contributed by atoms with van der Waals surface area (Å²) in [5, 5.41) is 3.22. The molecule has 24 heavy (non-hydrogen) atoms. The van der Waals surface area contributed by atoms with Crippen LogP contribution in [0.15, 0.2) is 28.8 Å². The number of aromatic nitrogens is 3. The second-order valence-corrected chi connectivity index (χ2v) is 7.08. The Balaban J connectivity index is 1.31. The molecule has 8 heteroatoms. The van der Waals surface area contributed by atoms with Crippen molar-refractivity contribution < 1.29 is 0 Å². The van der Waals surface area contributed by atoms with Crippen LogP contribution in [0.25, 0.3) is 0 Å². The first-order valence-corrected chi connectivity index (χ1v) is 9.19. The molecule has 0 radical (unpaired) electrons. The Morgan fingerprint density at radius 3 is 2.67 bits per heavy atom. The first kappa shape index (κ1) is 15.3. The number of hydrogen-bond acceptors (Lipinski definition) is 6. The lowest BCUT2D eigenvalue weighted by Crippen LogP contribution is -2.51. The van der Waals surface area contributed by atoms with Gasteiger partial charge in [0.1, 0.15) is 5.01 Å². The molecule has 2 aromatic heterocycles. The number of thiazole rings is 1. The molecule has 0 spiro atoms. The van der Waals surface area contributed by atoms with Gasteiger partial charge in [-0.05, 0) is 18.9 Å². The minimum atomic E-state index is 0.575. The van der Waals surface area contributed by atoms with Crippen molar-refractivity contribution in [2.45, 2.75) is 25.3 Å². The quantitative estimate of drug-likeness (QED) is 0.668. The summed E-state index contributed by atoms with van der Waals surface area (Å²) in [5.41, 5.74) is 7.40. The Hall–Kier alpha value is -2.22. The van der Waals surface area contributed by atoms with Gasteiger partial charge in [0, 0.05) is 49.9 Å². The average Bonchev–Trinajstić information content (AvgIpc) is 3.39. The second-order valence-electron chi connectivity index (χ2n) is 6.14. The van der Waals surface area contributed by atoms with E-state index in [0.717, 1.165) is 37.1 Å². The van der Waals surface area contributed by atoms with Gasteiger partial charge in [-0.1, -0.05) is 0 Å². The zero-order valence-corrected chi connectivity index (χ0v) is 14.3. The number of hydrogen-bond donors (Lipinski definition) is 1. The van der Waals surface area contributed by atoms with Gasteiger partial charge in [0.2, 0.25) is 5.95 Å². The van der Waals surface area contributed by atoms with Gasteiger partial charge in [-0.25, -0.2) is 19.9 Å². The Morgan fingerprint density at radius 1 is 1.21 bits per heavy atom. The van der Waals surface area contributed by atoms with Gasteiger partial charge in [0.15, 0.2) is 5.96 Å². The summed E-state index contributed by atoms with van der Waals surface area (Å²) in [7, 11) is 0. The molecule has 126 valence electrons. The fraction of sp³-hybridized carbons (Fsp3) is 0.500. The van der Waals surface area contributed by atoms with Crippen LogP contribution in [0.3, 0.4) is 0 Å². The summed E-state index contributed by atoms with van der Waals surface area (Å²) in [5.74, 6) is 2.08. The molecule has 2 aromatic rings. The van der Waals surface area contributed by atoms with Crippen molar-refractivity contribution in [3.63, 3.8) is 0 Å². The Bertz CT molecular complexity index is 702. The highest BCUT2D eigenvalue weighted by atomic mass is 32.1. The Morgan fingerprint density at radius 2 is 1.96 bits per heavy atom. The van der Waals surface area contributed by atoms with Crippen molar-refractivity contribution in [2.75, 3.05) is 31.1 Å². The number of nitrogens with two attached hydrogens (primary N) is 1. The molecule has 0 atom stereocenters. The van der Waals surface area contributed by atoms with Crippen LogP contribution in [0.5, 0.6) is 0 Å². The summed E-state index contributed by atoms with van der Waals surface area (Å²) in [4.78, 5) is 22.1. The SMILES string of the molecule is NC(=NCc1nc(C2CC2)cs1)N1CCN(c2ncccn2)CC1. The van der Waals surface area contributed by atoms with Crippen molar-refractivity contribution >= 4 is 23.2 Å². The molecule has 7 nitrogen and oxygen atoms in total. The highest BCUT2D eigenvalue weighted by molar-refractivity contribution is 7.09. The zero-order chi connectivity index (χ0) is 16.4. The van der Waals surface area contributed by atoms with Gasteiger partial charge < -0.3 is 15.5 Å². The summed E-state index contributed by atoms with van der Waals surface area (Å²) in [6.07, 6.45) is 6.11. The van der Waals surface area contributed by atoms with E-state index in [2.05, 4.69) is 35.1 Å². The molecule has 2 N–H and O–H groups in total. The minimum Gasteiger partial charge on any atom is -0.370 e. The first-order chi connectivity index (χ1) is 11.8. The van der Waals surface area contributed by atoms with Gasteiger partial charge in [0.05, 0.1) is 12.2 Å². The highest BCUT2D eigenvalue weighted by Gasteiger charge is 2.26. The molecular weight excluding hydrogens is 322 g/mol. The summed E-state index contributed by atoms with van der Waals surface area (Å²) in [6, 6.07) is 1.83. The van der Waals surface area contributed by atoms with Gasteiger partial charge in [-0.15, -0.1) is 11.3 Å². The normalized spacial score (nSPS) is 18.9. The summed E-state index contributed by atoms with van der Waals surface area (Å²) < 4.78 is 0. The molecule has 2 fully saturated rings. The molecule has 0 amide bonds. The molecular formula is C16H21N7S. The van der Waals surface area contributed by atoms with Crippen molar-refractivity contribution in [3.05, 3.63) is 34.5 Å². The lowest BCUT2D eigenvalue weighted by atomic mass is 10.3. The number of guanidine groups is 1. The van der Waals surface area contributed by atoms with Gasteiger partial charge in [0.25, 0.3) is 0 Å². The van der Waals surface area contributed by atoms with Crippen LogP contribution >= 0.6 is 11.3 Å².